The summed E-state index contributed by atoms with van der Waals surface area (Å²) in [5.41, 5.74) is 4.24. The minimum atomic E-state index is -3.69. The van der Waals surface area contributed by atoms with Crippen molar-refractivity contribution in [1.82, 2.24) is 9.97 Å². The molecule has 2 aromatic carbocycles. The van der Waals surface area contributed by atoms with E-state index in [1.165, 1.54) is 4.31 Å². The van der Waals surface area contributed by atoms with E-state index >= 15 is 0 Å². The average Bonchev–Trinajstić information content (AvgIpc) is 3.23. The number of aryl methyl sites for hydroxylation is 1. The van der Waals surface area contributed by atoms with Crippen molar-refractivity contribution in [3.05, 3.63) is 65.9 Å². The van der Waals surface area contributed by atoms with Gasteiger partial charge < -0.3 is 5.32 Å². The van der Waals surface area contributed by atoms with Crippen LogP contribution in [0.1, 0.15) is 37.3 Å². The Morgan fingerprint density at radius 3 is 2.59 bits per heavy atom. The first kappa shape index (κ1) is 22.2. The molecule has 8 nitrogen and oxygen atoms in total. The molecule has 9 heteroatoms. The van der Waals surface area contributed by atoms with Gasteiger partial charge in [-0.3, -0.25) is 9.30 Å². The molecule has 2 aliphatic rings. The fraction of sp³-hybridized carbons (Fsp3) is 0.280. The molecule has 0 aliphatic carbocycles. The van der Waals surface area contributed by atoms with E-state index in [0.29, 0.717) is 34.6 Å². The third kappa shape index (κ3) is 4.19. The van der Waals surface area contributed by atoms with E-state index in [-0.39, 0.29) is 12.1 Å². The summed E-state index contributed by atoms with van der Waals surface area (Å²) in [6, 6.07) is 14.7. The highest BCUT2D eigenvalue weighted by Crippen LogP contribution is 2.40. The van der Waals surface area contributed by atoms with Gasteiger partial charge in [-0.25, -0.2) is 23.4 Å². The van der Waals surface area contributed by atoms with Crippen molar-refractivity contribution in [1.29, 1.82) is 0 Å². The minimum Gasteiger partial charge on any atom is -0.308 e. The zero-order valence-corrected chi connectivity index (χ0v) is 20.1. The fourth-order valence-electron chi connectivity index (χ4n) is 4.21. The maximum absolute atomic E-state index is 13.6. The van der Waals surface area contributed by atoms with Crippen molar-refractivity contribution in [2.45, 2.75) is 44.2 Å². The Bertz CT molecular complexity index is 1400. The standard InChI is InChI=1S/C25H26N6O2S/c1-16-4-7-20(8-5-16)34(32,33)31-13-11-17(2)21-9-6-19(14-23(21)31)22-10-12-26-25(29-22)30-24-15-27-18(3)28-24/h4-10,12,14-15,17-18H,11,13H2,1-3H3,(H,26,28,29,30). The zero-order chi connectivity index (χ0) is 23.9. The van der Waals surface area contributed by atoms with Crippen LogP contribution >= 0.6 is 0 Å². The van der Waals surface area contributed by atoms with Gasteiger partial charge in [0.2, 0.25) is 5.95 Å². The number of aromatic nitrogens is 2. The molecule has 0 radical (unpaired) electrons. The monoisotopic (exact) mass is 474 g/mol. The van der Waals surface area contributed by atoms with Crippen LogP contribution < -0.4 is 9.62 Å². The van der Waals surface area contributed by atoms with Crippen molar-refractivity contribution < 1.29 is 8.42 Å². The SMILES string of the molecule is Cc1ccc(S(=O)(=O)N2CCC(C)c3ccc(-c4ccnc(NC5=NC(C)N=C5)n4)cc32)cc1. The van der Waals surface area contributed by atoms with Crippen LogP contribution in [0.15, 0.2) is 69.6 Å². The topological polar surface area (TPSA) is 99.9 Å². The van der Waals surface area contributed by atoms with Crippen LogP contribution in [0, 0.1) is 6.92 Å². The summed E-state index contributed by atoms with van der Waals surface area (Å²) in [6.07, 6.45) is 3.98. The summed E-state index contributed by atoms with van der Waals surface area (Å²) >= 11 is 0. The lowest BCUT2D eigenvalue weighted by atomic mass is 9.91. The number of nitrogens with one attached hydrogen (secondary N) is 1. The Labute approximate surface area is 199 Å². The third-order valence-electron chi connectivity index (χ3n) is 6.13. The molecule has 174 valence electrons. The van der Waals surface area contributed by atoms with Gasteiger partial charge in [-0.1, -0.05) is 36.8 Å². The van der Waals surface area contributed by atoms with Crippen LogP contribution in [0.2, 0.25) is 0 Å². The number of anilines is 2. The molecule has 2 unspecified atom stereocenters. The van der Waals surface area contributed by atoms with Gasteiger partial charge in [0, 0.05) is 18.3 Å². The second-order valence-electron chi connectivity index (χ2n) is 8.67. The number of hydrogen-bond donors (Lipinski definition) is 1. The van der Waals surface area contributed by atoms with Gasteiger partial charge in [0.1, 0.15) is 12.0 Å². The van der Waals surface area contributed by atoms with E-state index in [2.05, 4.69) is 32.2 Å². The number of amidine groups is 1. The van der Waals surface area contributed by atoms with E-state index in [9.17, 15) is 8.42 Å². The van der Waals surface area contributed by atoms with Crippen LogP contribution in [0.4, 0.5) is 11.6 Å². The summed E-state index contributed by atoms with van der Waals surface area (Å²) in [5, 5.41) is 3.08. The number of fused-ring (bicyclic) bond motifs is 1. The minimum absolute atomic E-state index is 0.116. The Balaban J connectivity index is 1.52. The molecule has 0 saturated heterocycles. The molecule has 0 amide bonds. The molecule has 34 heavy (non-hydrogen) atoms. The number of rotatable bonds is 4. The Morgan fingerprint density at radius 2 is 1.85 bits per heavy atom. The van der Waals surface area contributed by atoms with Gasteiger partial charge in [-0.15, -0.1) is 0 Å². The van der Waals surface area contributed by atoms with Gasteiger partial charge >= 0.3 is 0 Å². The highest BCUT2D eigenvalue weighted by molar-refractivity contribution is 7.92. The van der Waals surface area contributed by atoms with Crippen LogP contribution in [0.5, 0.6) is 0 Å². The largest absolute Gasteiger partial charge is 0.308 e. The van der Waals surface area contributed by atoms with Gasteiger partial charge in [0.05, 0.1) is 22.5 Å². The lowest BCUT2D eigenvalue weighted by molar-refractivity contribution is 0.578. The van der Waals surface area contributed by atoms with Crippen LogP contribution in [0.3, 0.4) is 0 Å². The normalized spacial score (nSPS) is 19.6. The first-order chi connectivity index (χ1) is 16.3. The number of aliphatic imine (C=N–C) groups is 2. The van der Waals surface area contributed by atoms with Gasteiger partial charge in [0.15, 0.2) is 0 Å². The summed E-state index contributed by atoms with van der Waals surface area (Å²) in [5.74, 6) is 1.28. The van der Waals surface area contributed by atoms with Crippen LogP contribution in [-0.2, 0) is 10.0 Å². The Hall–Kier alpha value is -3.59. The smallest absolute Gasteiger partial charge is 0.264 e. The highest BCUT2D eigenvalue weighted by Gasteiger charge is 2.32. The molecule has 5 rings (SSSR count). The highest BCUT2D eigenvalue weighted by atomic mass is 32.2. The summed E-state index contributed by atoms with van der Waals surface area (Å²) in [6.45, 7) is 6.40. The average molecular weight is 475 g/mol. The van der Waals surface area contributed by atoms with Crippen molar-refractivity contribution in [2.75, 3.05) is 16.2 Å². The first-order valence-corrected chi connectivity index (χ1v) is 12.7. The number of benzene rings is 2. The number of nitrogens with zero attached hydrogens (tertiary/aromatic N) is 5. The van der Waals surface area contributed by atoms with Crippen molar-refractivity contribution in [2.24, 2.45) is 9.98 Å². The predicted molar refractivity (Wildman–Crippen MR) is 135 cm³/mol. The number of hydrogen-bond acceptors (Lipinski definition) is 7. The zero-order valence-electron chi connectivity index (χ0n) is 19.3. The molecule has 2 aliphatic heterocycles. The van der Waals surface area contributed by atoms with Crippen molar-refractivity contribution >= 4 is 33.7 Å². The summed E-state index contributed by atoms with van der Waals surface area (Å²) in [7, 11) is -3.69. The molecule has 3 heterocycles. The molecule has 3 aromatic rings. The lowest BCUT2D eigenvalue weighted by Gasteiger charge is -2.34. The molecule has 0 fully saturated rings. The molecule has 2 atom stereocenters. The lowest BCUT2D eigenvalue weighted by Crippen LogP contribution is -2.36. The van der Waals surface area contributed by atoms with E-state index in [1.807, 2.05) is 50.2 Å². The third-order valence-corrected chi connectivity index (χ3v) is 7.96. The maximum atomic E-state index is 13.6. The van der Waals surface area contributed by atoms with Gasteiger partial charge in [-0.2, -0.15) is 0 Å². The van der Waals surface area contributed by atoms with Crippen molar-refractivity contribution in [3.63, 3.8) is 0 Å². The first-order valence-electron chi connectivity index (χ1n) is 11.3. The van der Waals surface area contributed by atoms with E-state index < -0.39 is 10.0 Å². The second-order valence-corrected chi connectivity index (χ2v) is 10.5. The van der Waals surface area contributed by atoms with Crippen LogP contribution in [-0.4, -0.2) is 43.1 Å². The molecule has 1 aromatic heterocycles. The molecular formula is C25H26N6O2S. The molecule has 1 N–H and O–H groups in total. The number of sulfonamides is 1. The molecule has 0 saturated carbocycles. The van der Waals surface area contributed by atoms with Gasteiger partial charge in [-0.05, 0) is 56.0 Å². The maximum Gasteiger partial charge on any atom is 0.264 e. The fourth-order valence-corrected chi connectivity index (χ4v) is 5.71. The Morgan fingerprint density at radius 1 is 1.06 bits per heavy atom. The summed E-state index contributed by atoms with van der Waals surface area (Å²) in [4.78, 5) is 17.8. The quantitative estimate of drug-likeness (QED) is 0.604. The van der Waals surface area contributed by atoms with Crippen molar-refractivity contribution in [3.8, 4) is 11.3 Å². The molecule has 0 spiro atoms. The van der Waals surface area contributed by atoms with Gasteiger partial charge in [0.25, 0.3) is 10.0 Å². The van der Waals surface area contributed by atoms with E-state index in [0.717, 1.165) is 23.1 Å². The van der Waals surface area contributed by atoms with Crippen LogP contribution in [0.25, 0.3) is 11.3 Å². The summed E-state index contributed by atoms with van der Waals surface area (Å²) < 4.78 is 28.6. The Kier molecular flexibility index (Phi) is 5.65. The predicted octanol–water partition coefficient (Wildman–Crippen LogP) is 4.40. The van der Waals surface area contributed by atoms with E-state index in [1.54, 1.807) is 24.5 Å². The second kappa shape index (κ2) is 8.64. The van der Waals surface area contributed by atoms with E-state index in [4.69, 9.17) is 0 Å². The molecular weight excluding hydrogens is 448 g/mol. The molecule has 0 bridgehead atoms.